The van der Waals surface area contributed by atoms with E-state index in [-0.39, 0.29) is 0 Å². The second-order valence-electron chi connectivity index (χ2n) is 4.23. The lowest BCUT2D eigenvalue weighted by atomic mass is 10.2. The molecule has 0 radical (unpaired) electrons. The van der Waals surface area contributed by atoms with Crippen molar-refractivity contribution in [3.05, 3.63) is 65.2 Å². The maximum Gasteiger partial charge on any atom is 0.326 e. The van der Waals surface area contributed by atoms with Crippen LogP contribution in [-0.4, -0.2) is 11.9 Å². The summed E-state index contributed by atoms with van der Waals surface area (Å²) in [6.45, 7) is 0. The van der Waals surface area contributed by atoms with Crippen LogP contribution in [0.4, 0.5) is 19.3 Å². The SMILES string of the molecule is C#Cc1cccc(NC(=O)NC(=O)c2c(F)cccc2F)c1. The fourth-order valence-electron chi connectivity index (χ4n) is 1.73. The third-order valence-corrected chi connectivity index (χ3v) is 2.70. The third kappa shape index (κ3) is 3.46. The summed E-state index contributed by atoms with van der Waals surface area (Å²) in [5.41, 5.74) is 0.0501. The molecule has 0 unspecified atom stereocenters. The molecular formula is C16H10F2N2O2. The largest absolute Gasteiger partial charge is 0.326 e. The molecule has 0 aromatic heterocycles. The van der Waals surface area contributed by atoms with Gasteiger partial charge in [-0.2, -0.15) is 0 Å². The van der Waals surface area contributed by atoms with E-state index in [0.717, 1.165) is 18.2 Å². The van der Waals surface area contributed by atoms with Crippen LogP contribution >= 0.6 is 0 Å². The molecule has 2 N–H and O–H groups in total. The molecule has 2 aromatic rings. The fourth-order valence-corrected chi connectivity index (χ4v) is 1.73. The van der Waals surface area contributed by atoms with Gasteiger partial charge in [-0.1, -0.05) is 18.1 Å². The Balaban J connectivity index is 2.09. The Kier molecular flexibility index (Phi) is 4.49. The van der Waals surface area contributed by atoms with Crippen molar-refractivity contribution in [3.63, 3.8) is 0 Å². The van der Waals surface area contributed by atoms with Gasteiger partial charge in [0.05, 0.1) is 0 Å². The van der Waals surface area contributed by atoms with Crippen molar-refractivity contribution >= 4 is 17.6 Å². The number of urea groups is 1. The number of amides is 3. The van der Waals surface area contributed by atoms with Crippen molar-refractivity contribution in [3.8, 4) is 12.3 Å². The number of rotatable bonds is 2. The summed E-state index contributed by atoms with van der Waals surface area (Å²) in [5.74, 6) is -0.907. The Morgan fingerprint density at radius 1 is 1.05 bits per heavy atom. The van der Waals surface area contributed by atoms with Gasteiger partial charge in [-0.15, -0.1) is 6.42 Å². The molecule has 0 aliphatic heterocycles. The highest BCUT2D eigenvalue weighted by Gasteiger charge is 2.19. The molecule has 0 spiro atoms. The highest BCUT2D eigenvalue weighted by molar-refractivity contribution is 6.08. The van der Waals surface area contributed by atoms with Crippen LogP contribution in [-0.2, 0) is 0 Å². The van der Waals surface area contributed by atoms with Gasteiger partial charge in [0.15, 0.2) is 0 Å². The van der Waals surface area contributed by atoms with Gasteiger partial charge in [-0.3, -0.25) is 10.1 Å². The predicted molar refractivity (Wildman–Crippen MR) is 77.2 cm³/mol. The van der Waals surface area contributed by atoms with Crippen LogP contribution < -0.4 is 10.6 Å². The fraction of sp³-hybridized carbons (Fsp3) is 0. The van der Waals surface area contributed by atoms with Crippen LogP contribution in [0.15, 0.2) is 42.5 Å². The minimum Gasteiger partial charge on any atom is -0.308 e. The zero-order chi connectivity index (χ0) is 16.1. The molecule has 0 bridgehead atoms. The van der Waals surface area contributed by atoms with E-state index in [0.29, 0.717) is 11.3 Å². The molecule has 0 aliphatic carbocycles. The van der Waals surface area contributed by atoms with E-state index in [2.05, 4.69) is 11.2 Å². The molecule has 0 atom stereocenters. The first kappa shape index (κ1) is 15.2. The van der Waals surface area contributed by atoms with Crippen molar-refractivity contribution in [1.29, 1.82) is 0 Å². The Labute approximate surface area is 125 Å². The molecule has 110 valence electrons. The molecule has 4 nitrogen and oxygen atoms in total. The lowest BCUT2D eigenvalue weighted by Crippen LogP contribution is -2.35. The zero-order valence-corrected chi connectivity index (χ0v) is 11.2. The maximum atomic E-state index is 13.4. The van der Waals surface area contributed by atoms with Crippen LogP contribution in [0.25, 0.3) is 0 Å². The van der Waals surface area contributed by atoms with Gasteiger partial charge in [0.2, 0.25) is 0 Å². The van der Waals surface area contributed by atoms with Crippen molar-refractivity contribution in [2.45, 2.75) is 0 Å². The van der Waals surface area contributed by atoms with Gasteiger partial charge in [0.1, 0.15) is 17.2 Å². The Morgan fingerprint density at radius 2 is 1.68 bits per heavy atom. The summed E-state index contributed by atoms with van der Waals surface area (Å²) in [6.07, 6.45) is 5.22. The molecular weight excluding hydrogens is 290 g/mol. The van der Waals surface area contributed by atoms with Crippen LogP contribution in [0.2, 0.25) is 0 Å². The third-order valence-electron chi connectivity index (χ3n) is 2.70. The van der Waals surface area contributed by atoms with E-state index in [1.807, 2.05) is 5.32 Å². The number of anilines is 1. The molecule has 0 heterocycles. The van der Waals surface area contributed by atoms with E-state index < -0.39 is 29.1 Å². The number of carbonyl (C=O) groups is 2. The number of carbonyl (C=O) groups excluding carboxylic acids is 2. The Morgan fingerprint density at radius 3 is 2.32 bits per heavy atom. The first-order valence-electron chi connectivity index (χ1n) is 6.14. The highest BCUT2D eigenvalue weighted by Crippen LogP contribution is 2.12. The van der Waals surface area contributed by atoms with Crippen molar-refractivity contribution in [2.24, 2.45) is 0 Å². The van der Waals surface area contributed by atoms with Gasteiger partial charge in [-0.05, 0) is 30.3 Å². The van der Waals surface area contributed by atoms with Gasteiger partial charge in [0, 0.05) is 11.3 Å². The summed E-state index contributed by atoms with van der Waals surface area (Å²) >= 11 is 0. The van der Waals surface area contributed by atoms with E-state index in [1.54, 1.807) is 18.2 Å². The number of hydrogen-bond donors (Lipinski definition) is 2. The van der Waals surface area contributed by atoms with E-state index >= 15 is 0 Å². The van der Waals surface area contributed by atoms with Crippen molar-refractivity contribution < 1.29 is 18.4 Å². The highest BCUT2D eigenvalue weighted by atomic mass is 19.1. The van der Waals surface area contributed by atoms with Gasteiger partial charge in [0.25, 0.3) is 5.91 Å². The second kappa shape index (κ2) is 6.50. The number of terminal acetylenes is 1. The lowest BCUT2D eigenvalue weighted by Gasteiger charge is -2.08. The molecule has 0 aliphatic rings. The maximum absolute atomic E-state index is 13.4. The zero-order valence-electron chi connectivity index (χ0n) is 11.2. The van der Waals surface area contributed by atoms with Crippen LogP contribution in [0.5, 0.6) is 0 Å². The van der Waals surface area contributed by atoms with Crippen LogP contribution in [0.3, 0.4) is 0 Å². The molecule has 0 saturated carbocycles. The molecule has 0 saturated heterocycles. The predicted octanol–water partition coefficient (Wildman–Crippen LogP) is 2.91. The molecule has 6 heteroatoms. The molecule has 2 rings (SSSR count). The van der Waals surface area contributed by atoms with Crippen molar-refractivity contribution in [2.75, 3.05) is 5.32 Å². The summed E-state index contributed by atoms with van der Waals surface area (Å²) in [4.78, 5) is 23.4. The molecule has 22 heavy (non-hydrogen) atoms. The van der Waals surface area contributed by atoms with E-state index in [4.69, 9.17) is 6.42 Å². The Bertz CT molecular complexity index is 762. The van der Waals surface area contributed by atoms with Gasteiger partial charge < -0.3 is 5.32 Å². The van der Waals surface area contributed by atoms with E-state index in [9.17, 15) is 18.4 Å². The van der Waals surface area contributed by atoms with Gasteiger partial charge >= 0.3 is 6.03 Å². The number of imide groups is 1. The monoisotopic (exact) mass is 300 g/mol. The smallest absolute Gasteiger partial charge is 0.308 e. The van der Waals surface area contributed by atoms with Crippen LogP contribution in [0, 0.1) is 24.0 Å². The summed E-state index contributed by atoms with van der Waals surface area (Å²) < 4.78 is 26.8. The summed E-state index contributed by atoms with van der Waals surface area (Å²) in [7, 11) is 0. The summed E-state index contributed by atoms with van der Waals surface area (Å²) in [6, 6.07) is 8.36. The second-order valence-corrected chi connectivity index (χ2v) is 4.23. The quantitative estimate of drug-likeness (QED) is 0.838. The number of nitrogens with one attached hydrogen (secondary N) is 2. The molecule has 3 amide bonds. The van der Waals surface area contributed by atoms with Crippen LogP contribution in [0.1, 0.15) is 15.9 Å². The van der Waals surface area contributed by atoms with E-state index in [1.165, 1.54) is 6.07 Å². The molecule has 2 aromatic carbocycles. The first-order valence-corrected chi connectivity index (χ1v) is 6.14. The number of hydrogen-bond acceptors (Lipinski definition) is 2. The lowest BCUT2D eigenvalue weighted by molar-refractivity contribution is 0.0959. The minimum atomic E-state index is -1.18. The topological polar surface area (TPSA) is 58.2 Å². The standard InChI is InChI=1S/C16H10F2N2O2/c1-2-10-5-3-6-11(9-10)19-16(22)20-15(21)14-12(17)7-4-8-13(14)18/h1,3-9H,(H2,19,20,21,22). The average Bonchev–Trinajstić information content (AvgIpc) is 2.47. The number of halogens is 2. The average molecular weight is 300 g/mol. The normalized spacial score (nSPS) is 9.68. The van der Waals surface area contributed by atoms with Gasteiger partial charge in [-0.25, -0.2) is 13.6 Å². The summed E-state index contributed by atoms with van der Waals surface area (Å²) in [5, 5.41) is 4.19. The minimum absolute atomic E-state index is 0.342. The van der Waals surface area contributed by atoms with Crippen molar-refractivity contribution in [1.82, 2.24) is 5.32 Å². The molecule has 0 fully saturated rings. The number of benzene rings is 2. The Hall–Kier alpha value is -3.20. The first-order chi connectivity index (χ1) is 10.5.